The molecule has 2 rings (SSSR count). The van der Waals surface area contributed by atoms with Crippen molar-refractivity contribution in [2.75, 3.05) is 20.8 Å². The van der Waals surface area contributed by atoms with Crippen molar-refractivity contribution in [1.29, 1.82) is 0 Å². The van der Waals surface area contributed by atoms with Gasteiger partial charge in [-0.15, -0.1) is 0 Å². The lowest BCUT2D eigenvalue weighted by molar-refractivity contribution is 0.410. The highest BCUT2D eigenvalue weighted by molar-refractivity contribution is 6.32. The highest BCUT2D eigenvalue weighted by Gasteiger charge is 2.14. The van der Waals surface area contributed by atoms with Crippen LogP contribution in [0.3, 0.4) is 0 Å². The Balaban J connectivity index is 2.24. The van der Waals surface area contributed by atoms with Gasteiger partial charge in [0.1, 0.15) is 11.5 Å². The summed E-state index contributed by atoms with van der Waals surface area (Å²) in [5.41, 5.74) is 9.60. The molecule has 4 heteroatoms. The van der Waals surface area contributed by atoms with Crippen molar-refractivity contribution in [3.63, 3.8) is 0 Å². The zero-order valence-electron chi connectivity index (χ0n) is 13.9. The third kappa shape index (κ3) is 4.18. The maximum Gasteiger partial charge on any atom is 0.137 e. The van der Waals surface area contributed by atoms with Crippen LogP contribution in [0.25, 0.3) is 0 Å². The summed E-state index contributed by atoms with van der Waals surface area (Å²) >= 11 is 6.24. The van der Waals surface area contributed by atoms with Crippen LogP contribution < -0.4 is 15.2 Å². The fourth-order valence-electron chi connectivity index (χ4n) is 2.79. The van der Waals surface area contributed by atoms with Crippen molar-refractivity contribution in [3.8, 4) is 11.5 Å². The highest BCUT2D eigenvalue weighted by Crippen LogP contribution is 2.30. The lowest BCUT2D eigenvalue weighted by atomic mass is 9.91. The first-order valence-electron chi connectivity index (χ1n) is 7.82. The van der Waals surface area contributed by atoms with Gasteiger partial charge >= 0.3 is 0 Å². The van der Waals surface area contributed by atoms with Crippen LogP contribution in [0.5, 0.6) is 11.5 Å². The van der Waals surface area contributed by atoms with Crippen LogP contribution in [0.1, 0.15) is 29.5 Å². The van der Waals surface area contributed by atoms with Gasteiger partial charge in [-0.1, -0.05) is 36.7 Å². The molecule has 23 heavy (non-hydrogen) atoms. The van der Waals surface area contributed by atoms with E-state index in [0.717, 1.165) is 24.2 Å². The topological polar surface area (TPSA) is 44.5 Å². The average Bonchev–Trinajstić information content (AvgIpc) is 2.59. The SMILES string of the molecule is CCc1cc(CC(CN)c2ccc(OC)c(Cl)c2)ccc1OC. The summed E-state index contributed by atoms with van der Waals surface area (Å²) < 4.78 is 10.6. The Hall–Kier alpha value is -1.71. The van der Waals surface area contributed by atoms with Crippen LogP contribution in [0.4, 0.5) is 0 Å². The maximum atomic E-state index is 6.24. The molecule has 0 saturated carbocycles. The molecular formula is C19H24ClNO2. The largest absolute Gasteiger partial charge is 0.496 e. The molecule has 0 bridgehead atoms. The number of ether oxygens (including phenoxy) is 2. The number of rotatable bonds is 7. The number of hydrogen-bond acceptors (Lipinski definition) is 3. The fraction of sp³-hybridized carbons (Fsp3) is 0.368. The Morgan fingerprint density at radius 2 is 1.74 bits per heavy atom. The summed E-state index contributed by atoms with van der Waals surface area (Å²) in [6.45, 7) is 2.70. The van der Waals surface area contributed by atoms with Crippen LogP contribution in [-0.4, -0.2) is 20.8 Å². The summed E-state index contributed by atoms with van der Waals surface area (Å²) in [4.78, 5) is 0. The zero-order valence-corrected chi connectivity index (χ0v) is 14.7. The molecule has 2 aromatic carbocycles. The van der Waals surface area contributed by atoms with Crippen LogP contribution in [0.15, 0.2) is 36.4 Å². The molecule has 1 unspecified atom stereocenters. The summed E-state index contributed by atoms with van der Waals surface area (Å²) in [5, 5.41) is 0.618. The first-order valence-corrected chi connectivity index (χ1v) is 8.20. The van der Waals surface area contributed by atoms with E-state index in [-0.39, 0.29) is 5.92 Å². The number of benzene rings is 2. The molecule has 124 valence electrons. The Labute approximate surface area is 143 Å². The second-order valence-corrected chi connectivity index (χ2v) is 5.94. The second-order valence-electron chi connectivity index (χ2n) is 5.53. The van der Waals surface area contributed by atoms with E-state index < -0.39 is 0 Å². The van der Waals surface area contributed by atoms with Gasteiger partial charge in [-0.2, -0.15) is 0 Å². The van der Waals surface area contributed by atoms with E-state index in [1.165, 1.54) is 11.1 Å². The van der Waals surface area contributed by atoms with Crippen LogP contribution in [-0.2, 0) is 12.8 Å². The van der Waals surface area contributed by atoms with Gasteiger partial charge in [-0.05, 0) is 54.3 Å². The summed E-state index contributed by atoms with van der Waals surface area (Å²) in [5.74, 6) is 1.84. The molecule has 2 aromatic rings. The molecule has 1 atom stereocenters. The zero-order chi connectivity index (χ0) is 16.8. The number of hydrogen-bond donors (Lipinski definition) is 1. The van der Waals surface area contributed by atoms with Gasteiger partial charge in [0.15, 0.2) is 0 Å². The lowest BCUT2D eigenvalue weighted by Gasteiger charge is -2.18. The second kappa shape index (κ2) is 8.23. The molecule has 2 N–H and O–H groups in total. The van der Waals surface area contributed by atoms with E-state index in [4.69, 9.17) is 26.8 Å². The van der Waals surface area contributed by atoms with Crippen molar-refractivity contribution < 1.29 is 9.47 Å². The molecule has 0 heterocycles. The smallest absolute Gasteiger partial charge is 0.137 e. The standard InChI is InChI=1S/C19H24ClNO2/c1-4-14-9-13(5-7-18(14)22-2)10-16(12-21)15-6-8-19(23-3)17(20)11-15/h5-9,11,16H,4,10,12,21H2,1-3H3. The molecule has 0 aliphatic heterocycles. The normalized spacial score (nSPS) is 12.0. The maximum absolute atomic E-state index is 6.24. The number of halogens is 1. The molecule has 0 aromatic heterocycles. The molecule has 0 aliphatic rings. The molecule has 0 spiro atoms. The average molecular weight is 334 g/mol. The lowest BCUT2D eigenvalue weighted by Crippen LogP contribution is -2.15. The van der Waals surface area contributed by atoms with Crippen molar-refractivity contribution in [1.82, 2.24) is 0 Å². The predicted molar refractivity (Wildman–Crippen MR) is 95.9 cm³/mol. The Kier molecular flexibility index (Phi) is 6.31. The van der Waals surface area contributed by atoms with Gasteiger partial charge in [0.2, 0.25) is 0 Å². The third-order valence-electron chi connectivity index (χ3n) is 4.14. The van der Waals surface area contributed by atoms with Gasteiger partial charge in [0, 0.05) is 5.92 Å². The van der Waals surface area contributed by atoms with E-state index >= 15 is 0 Å². The highest BCUT2D eigenvalue weighted by atomic mass is 35.5. The number of nitrogens with two attached hydrogens (primary N) is 1. The molecule has 0 aliphatic carbocycles. The quantitative estimate of drug-likeness (QED) is 0.825. The minimum absolute atomic E-state index is 0.219. The van der Waals surface area contributed by atoms with Crippen LogP contribution >= 0.6 is 11.6 Å². The molecule has 0 radical (unpaired) electrons. The Bertz CT molecular complexity index is 658. The van der Waals surface area contributed by atoms with E-state index in [2.05, 4.69) is 19.1 Å². The number of methoxy groups -OCH3 is 2. The van der Waals surface area contributed by atoms with Crippen LogP contribution in [0.2, 0.25) is 5.02 Å². The van der Waals surface area contributed by atoms with Gasteiger partial charge in [0.05, 0.1) is 19.2 Å². The molecular weight excluding hydrogens is 310 g/mol. The van der Waals surface area contributed by atoms with Crippen molar-refractivity contribution in [3.05, 3.63) is 58.1 Å². The van der Waals surface area contributed by atoms with Gasteiger partial charge in [0.25, 0.3) is 0 Å². The van der Waals surface area contributed by atoms with Crippen molar-refractivity contribution >= 4 is 11.6 Å². The van der Waals surface area contributed by atoms with Gasteiger partial charge in [-0.3, -0.25) is 0 Å². The monoisotopic (exact) mass is 333 g/mol. The number of aryl methyl sites for hydroxylation is 1. The Morgan fingerprint density at radius 1 is 1.04 bits per heavy atom. The van der Waals surface area contributed by atoms with Crippen molar-refractivity contribution in [2.45, 2.75) is 25.7 Å². The third-order valence-corrected chi connectivity index (χ3v) is 4.43. The molecule has 0 amide bonds. The first-order chi connectivity index (χ1) is 11.1. The Morgan fingerprint density at radius 3 is 2.30 bits per heavy atom. The van der Waals surface area contributed by atoms with Crippen molar-refractivity contribution in [2.24, 2.45) is 5.73 Å². The summed E-state index contributed by atoms with van der Waals surface area (Å²) in [6.07, 6.45) is 1.81. The summed E-state index contributed by atoms with van der Waals surface area (Å²) in [6, 6.07) is 12.2. The fourth-order valence-corrected chi connectivity index (χ4v) is 3.06. The van der Waals surface area contributed by atoms with E-state index in [0.29, 0.717) is 17.3 Å². The van der Waals surface area contributed by atoms with Crippen LogP contribution in [0, 0.1) is 0 Å². The van der Waals surface area contributed by atoms with E-state index in [1.54, 1.807) is 14.2 Å². The molecule has 3 nitrogen and oxygen atoms in total. The molecule has 0 saturated heterocycles. The predicted octanol–water partition coefficient (Wildman–Crippen LogP) is 4.20. The van der Waals surface area contributed by atoms with Gasteiger partial charge < -0.3 is 15.2 Å². The summed E-state index contributed by atoms with van der Waals surface area (Å²) in [7, 11) is 3.32. The molecule has 0 fully saturated rings. The first kappa shape index (κ1) is 17.6. The minimum Gasteiger partial charge on any atom is -0.496 e. The van der Waals surface area contributed by atoms with Gasteiger partial charge in [-0.25, -0.2) is 0 Å². The minimum atomic E-state index is 0.219. The van der Waals surface area contributed by atoms with E-state index in [9.17, 15) is 0 Å². The van der Waals surface area contributed by atoms with E-state index in [1.807, 2.05) is 24.3 Å².